The molecule has 3 fully saturated rings. The first-order chi connectivity index (χ1) is 16.0. The molecule has 0 unspecified atom stereocenters. The van der Waals surface area contributed by atoms with Crippen LogP contribution in [0.15, 0.2) is 12.1 Å². The summed E-state index contributed by atoms with van der Waals surface area (Å²) >= 11 is 6.11. The number of nitrogens with two attached hydrogens (primary N) is 1. The van der Waals surface area contributed by atoms with Crippen molar-refractivity contribution in [2.24, 2.45) is 5.92 Å². The summed E-state index contributed by atoms with van der Waals surface area (Å²) < 4.78 is 0. The van der Waals surface area contributed by atoms with Gasteiger partial charge in [-0.2, -0.15) is 5.26 Å². The molecule has 0 aromatic carbocycles. The zero-order chi connectivity index (χ0) is 23.1. The highest BCUT2D eigenvalue weighted by Gasteiger charge is 2.41. The summed E-state index contributed by atoms with van der Waals surface area (Å²) in [7, 11) is 0. The van der Waals surface area contributed by atoms with Gasteiger partial charge in [0, 0.05) is 43.6 Å². The summed E-state index contributed by atoms with van der Waals surface area (Å²) in [6.45, 7) is 1.66. The summed E-state index contributed by atoms with van der Waals surface area (Å²) in [5.41, 5.74) is 8.52. The van der Waals surface area contributed by atoms with Gasteiger partial charge in [0.15, 0.2) is 0 Å². The number of hydrogen-bond donors (Lipinski definition) is 2. The van der Waals surface area contributed by atoms with Crippen molar-refractivity contribution in [2.75, 3.05) is 36.9 Å². The van der Waals surface area contributed by atoms with Gasteiger partial charge in [-0.3, -0.25) is 4.79 Å². The van der Waals surface area contributed by atoms with E-state index in [-0.39, 0.29) is 36.1 Å². The second kappa shape index (κ2) is 8.76. The SMILES string of the molecule is N#Cc1cc(-c2cc(Cl)nc(N)n2)c(C2CC2)nc1N1CCN(C(=O)CCO)[C@H](C2CC2)C1. The molecule has 0 bridgehead atoms. The van der Waals surface area contributed by atoms with Crippen LogP contribution in [0.5, 0.6) is 0 Å². The molecule has 2 saturated carbocycles. The Hall–Kier alpha value is -2.96. The number of piperazine rings is 1. The number of nitrogens with zero attached hydrogens (tertiary/aromatic N) is 6. The lowest BCUT2D eigenvalue weighted by Crippen LogP contribution is -2.56. The van der Waals surface area contributed by atoms with Crippen molar-refractivity contribution in [2.45, 2.75) is 44.1 Å². The molecular formula is C23H26ClN7O2. The third-order valence-electron chi connectivity index (χ3n) is 6.63. The fourth-order valence-electron chi connectivity index (χ4n) is 4.72. The Balaban J connectivity index is 1.50. The van der Waals surface area contributed by atoms with E-state index in [0.717, 1.165) is 36.9 Å². The van der Waals surface area contributed by atoms with Gasteiger partial charge in [-0.05, 0) is 37.7 Å². The van der Waals surface area contributed by atoms with E-state index in [9.17, 15) is 15.2 Å². The van der Waals surface area contributed by atoms with Crippen LogP contribution >= 0.6 is 11.6 Å². The average Bonchev–Trinajstić information content (AvgIpc) is 3.70. The highest BCUT2D eigenvalue weighted by molar-refractivity contribution is 6.29. The Morgan fingerprint density at radius 3 is 2.64 bits per heavy atom. The Kier molecular flexibility index (Phi) is 5.81. The third-order valence-corrected chi connectivity index (χ3v) is 6.83. The smallest absolute Gasteiger partial charge is 0.225 e. The van der Waals surface area contributed by atoms with Gasteiger partial charge in [0.25, 0.3) is 0 Å². The minimum absolute atomic E-state index is 0.00485. The molecule has 3 N–H and O–H groups in total. The number of hydrogen-bond acceptors (Lipinski definition) is 8. The number of carbonyl (C=O) groups excluding carboxylic acids is 1. The Bertz CT molecular complexity index is 1110. The lowest BCUT2D eigenvalue weighted by atomic mass is 10.0. The number of pyridine rings is 1. The number of rotatable bonds is 6. The molecule has 2 aromatic heterocycles. The predicted molar refractivity (Wildman–Crippen MR) is 124 cm³/mol. The van der Waals surface area contributed by atoms with Crippen molar-refractivity contribution in [3.05, 3.63) is 28.5 Å². The zero-order valence-corrected chi connectivity index (χ0v) is 19.0. The number of nitrogen functional groups attached to an aromatic ring is 1. The molecule has 0 radical (unpaired) electrons. The second-order valence-corrected chi connectivity index (χ2v) is 9.41. The number of aliphatic hydroxyl groups excluding tert-OH is 1. The lowest BCUT2D eigenvalue weighted by Gasteiger charge is -2.42. The van der Waals surface area contributed by atoms with Crippen LogP contribution in [-0.2, 0) is 4.79 Å². The van der Waals surface area contributed by atoms with Gasteiger partial charge in [-0.25, -0.2) is 15.0 Å². The van der Waals surface area contributed by atoms with Crippen LogP contribution < -0.4 is 10.6 Å². The Labute approximate surface area is 197 Å². The standard InChI is InChI=1S/C23H26ClN7O2/c24-19-10-17(27-23(26)28-19)16-9-15(11-25)22(29-21(16)14-3-4-14)30-6-7-31(20(33)5-8-32)18(12-30)13-1-2-13/h9-10,13-14,18,32H,1-8,12H2,(H2,26,27,28)/t18-/m0/s1. The molecule has 0 spiro atoms. The molecule has 1 amide bonds. The van der Waals surface area contributed by atoms with E-state index < -0.39 is 0 Å². The van der Waals surface area contributed by atoms with Crippen molar-refractivity contribution in [3.8, 4) is 17.3 Å². The molecule has 9 nitrogen and oxygen atoms in total. The monoisotopic (exact) mass is 467 g/mol. The molecular weight excluding hydrogens is 442 g/mol. The summed E-state index contributed by atoms with van der Waals surface area (Å²) in [4.78, 5) is 29.9. The number of carbonyl (C=O) groups is 1. The van der Waals surface area contributed by atoms with Crippen LogP contribution in [0.1, 0.15) is 49.3 Å². The first-order valence-corrected chi connectivity index (χ1v) is 11.8. The molecule has 2 aromatic rings. The first-order valence-electron chi connectivity index (χ1n) is 11.4. The molecule has 1 aliphatic heterocycles. The maximum absolute atomic E-state index is 12.6. The van der Waals surface area contributed by atoms with Gasteiger partial charge in [0.1, 0.15) is 17.0 Å². The minimum Gasteiger partial charge on any atom is -0.396 e. The third kappa shape index (κ3) is 4.45. The molecule has 1 saturated heterocycles. The maximum atomic E-state index is 12.6. The van der Waals surface area contributed by atoms with Crippen LogP contribution in [0.2, 0.25) is 5.15 Å². The number of amides is 1. The quantitative estimate of drug-likeness (QED) is 0.618. The van der Waals surface area contributed by atoms with Gasteiger partial charge < -0.3 is 20.6 Å². The molecule has 5 rings (SSSR count). The van der Waals surface area contributed by atoms with Crippen LogP contribution in [0.3, 0.4) is 0 Å². The van der Waals surface area contributed by atoms with Gasteiger partial charge in [-0.15, -0.1) is 0 Å². The summed E-state index contributed by atoms with van der Waals surface area (Å²) in [6.07, 6.45) is 4.42. The van der Waals surface area contributed by atoms with E-state index in [1.165, 1.54) is 0 Å². The van der Waals surface area contributed by atoms with Crippen LogP contribution in [0.4, 0.5) is 11.8 Å². The molecule has 3 aliphatic rings. The fraction of sp³-hybridized carbons (Fsp3) is 0.522. The number of nitriles is 1. The average molecular weight is 468 g/mol. The Morgan fingerprint density at radius 2 is 2.00 bits per heavy atom. The number of aliphatic hydroxyl groups is 1. The van der Waals surface area contributed by atoms with Crippen LogP contribution in [0, 0.1) is 17.2 Å². The summed E-state index contributed by atoms with van der Waals surface area (Å²) in [5, 5.41) is 19.4. The molecule has 10 heteroatoms. The lowest BCUT2D eigenvalue weighted by molar-refractivity contribution is -0.135. The van der Waals surface area contributed by atoms with Gasteiger partial charge in [-0.1, -0.05) is 11.6 Å². The van der Waals surface area contributed by atoms with Gasteiger partial charge in [0.05, 0.1) is 29.6 Å². The Morgan fingerprint density at radius 1 is 1.21 bits per heavy atom. The van der Waals surface area contributed by atoms with Crippen molar-refractivity contribution >= 4 is 29.3 Å². The van der Waals surface area contributed by atoms with E-state index in [1.807, 2.05) is 11.0 Å². The zero-order valence-electron chi connectivity index (χ0n) is 18.2. The number of aromatic nitrogens is 3. The van der Waals surface area contributed by atoms with Crippen LogP contribution in [0.25, 0.3) is 11.3 Å². The van der Waals surface area contributed by atoms with Crippen molar-refractivity contribution < 1.29 is 9.90 Å². The number of anilines is 2. The second-order valence-electron chi connectivity index (χ2n) is 9.02. The van der Waals surface area contributed by atoms with E-state index >= 15 is 0 Å². The number of halogens is 1. The van der Waals surface area contributed by atoms with E-state index in [4.69, 9.17) is 22.3 Å². The van der Waals surface area contributed by atoms with Crippen molar-refractivity contribution in [3.63, 3.8) is 0 Å². The topological polar surface area (TPSA) is 132 Å². The maximum Gasteiger partial charge on any atom is 0.225 e. The highest BCUT2D eigenvalue weighted by atomic mass is 35.5. The summed E-state index contributed by atoms with van der Waals surface area (Å²) in [5.74, 6) is 1.52. The largest absolute Gasteiger partial charge is 0.396 e. The normalized spacial score (nSPS) is 20.6. The molecule has 172 valence electrons. The molecule has 33 heavy (non-hydrogen) atoms. The van der Waals surface area contributed by atoms with Crippen LogP contribution in [-0.4, -0.2) is 63.1 Å². The molecule has 2 aliphatic carbocycles. The fourth-order valence-corrected chi connectivity index (χ4v) is 4.91. The van der Waals surface area contributed by atoms with E-state index in [0.29, 0.717) is 48.5 Å². The molecule has 1 atom stereocenters. The summed E-state index contributed by atoms with van der Waals surface area (Å²) in [6, 6.07) is 5.87. The molecule has 3 heterocycles. The van der Waals surface area contributed by atoms with Gasteiger partial charge in [0.2, 0.25) is 11.9 Å². The van der Waals surface area contributed by atoms with Gasteiger partial charge >= 0.3 is 0 Å². The predicted octanol–water partition coefficient (Wildman–Crippen LogP) is 2.33. The van der Waals surface area contributed by atoms with E-state index in [1.54, 1.807) is 6.07 Å². The van der Waals surface area contributed by atoms with Crippen molar-refractivity contribution in [1.29, 1.82) is 5.26 Å². The minimum atomic E-state index is -0.139. The highest BCUT2D eigenvalue weighted by Crippen LogP contribution is 2.45. The van der Waals surface area contributed by atoms with Crippen molar-refractivity contribution in [1.82, 2.24) is 19.9 Å². The first kappa shape index (κ1) is 21.9. The van der Waals surface area contributed by atoms with E-state index in [2.05, 4.69) is 20.9 Å².